The normalized spacial score (nSPS) is 11.5. The van der Waals surface area contributed by atoms with Crippen molar-refractivity contribution in [2.75, 3.05) is 23.8 Å². The van der Waals surface area contributed by atoms with E-state index in [0.29, 0.717) is 18.3 Å². The molecule has 0 radical (unpaired) electrons. The Bertz CT molecular complexity index is 2790. The molecule has 0 aliphatic heterocycles. The average molecular weight is 857 g/mol. The van der Waals surface area contributed by atoms with E-state index >= 15 is 0 Å². The van der Waals surface area contributed by atoms with E-state index in [1.54, 1.807) is 0 Å². The molecule has 4 nitrogen and oxygen atoms in total. The van der Waals surface area contributed by atoms with Crippen molar-refractivity contribution >= 4 is 100 Å². The average Bonchev–Trinajstić information content (AvgIpc) is 3.33. The molecule has 0 saturated heterocycles. The number of benzene rings is 10. The number of fused-ring (bicyclic) bond motifs is 4. The third-order valence-electron chi connectivity index (χ3n) is 11.6. The van der Waals surface area contributed by atoms with Gasteiger partial charge in [-0.25, -0.2) is 0 Å². The van der Waals surface area contributed by atoms with E-state index in [-0.39, 0.29) is 0 Å². The van der Waals surface area contributed by atoms with E-state index in [1.165, 1.54) is 64.3 Å². The minimum absolute atomic E-state index is 0.535. The van der Waals surface area contributed by atoms with Crippen LogP contribution in [0.1, 0.15) is 13.8 Å². The molecule has 10 aromatic rings. The number of thiocarbonyl (C=S) groups is 1. The summed E-state index contributed by atoms with van der Waals surface area (Å²) < 4.78 is 10.8. The van der Waals surface area contributed by atoms with Crippen molar-refractivity contribution in [3.05, 3.63) is 218 Å². The van der Waals surface area contributed by atoms with Crippen LogP contribution in [0.5, 0.6) is 11.5 Å². The van der Waals surface area contributed by atoms with Gasteiger partial charge < -0.3 is 20.1 Å². The van der Waals surface area contributed by atoms with Crippen molar-refractivity contribution in [3.63, 3.8) is 0 Å². The second kappa shape index (κ2) is 18.9. The molecular formula is C57H49N2O2PS. The van der Waals surface area contributed by atoms with E-state index in [9.17, 15) is 0 Å². The van der Waals surface area contributed by atoms with Crippen LogP contribution in [0.3, 0.4) is 0 Å². The Labute approximate surface area is 375 Å². The Morgan fingerprint density at radius 1 is 0.365 bits per heavy atom. The van der Waals surface area contributed by atoms with Crippen molar-refractivity contribution < 1.29 is 9.47 Å². The van der Waals surface area contributed by atoms with Gasteiger partial charge in [0, 0.05) is 11.4 Å². The van der Waals surface area contributed by atoms with Crippen molar-refractivity contribution in [2.24, 2.45) is 0 Å². The van der Waals surface area contributed by atoms with Gasteiger partial charge in [0.1, 0.15) is 11.5 Å². The van der Waals surface area contributed by atoms with Crippen LogP contribution in [0.15, 0.2) is 218 Å². The molecule has 63 heavy (non-hydrogen) atoms. The van der Waals surface area contributed by atoms with E-state index in [0.717, 1.165) is 22.9 Å². The first kappa shape index (κ1) is 41.3. The monoisotopic (exact) mass is 856 g/mol. The van der Waals surface area contributed by atoms with Crippen molar-refractivity contribution in [2.45, 2.75) is 13.8 Å². The van der Waals surface area contributed by atoms with E-state index < -0.39 is 7.26 Å². The first-order valence-electron chi connectivity index (χ1n) is 21.5. The molecule has 10 rings (SSSR count). The molecular weight excluding hydrogens is 808 g/mol. The topological polar surface area (TPSA) is 42.5 Å². The summed E-state index contributed by atoms with van der Waals surface area (Å²) in [7, 11) is -2.96. The Morgan fingerprint density at radius 2 is 0.635 bits per heavy atom. The van der Waals surface area contributed by atoms with Crippen molar-refractivity contribution in [1.29, 1.82) is 0 Å². The summed E-state index contributed by atoms with van der Waals surface area (Å²) in [5.74, 6) is 1.69. The molecule has 0 amide bonds. The maximum atomic E-state index is 5.40. The van der Waals surface area contributed by atoms with E-state index in [4.69, 9.17) is 21.7 Å². The zero-order valence-corrected chi connectivity index (χ0v) is 37.2. The molecule has 2 N–H and O–H groups in total. The van der Waals surface area contributed by atoms with Gasteiger partial charge in [-0.15, -0.1) is 0 Å². The molecule has 0 heterocycles. The summed E-state index contributed by atoms with van der Waals surface area (Å²) in [5, 5.41) is 23.0. The number of hydrogen-bond acceptors (Lipinski definition) is 3. The van der Waals surface area contributed by atoms with Crippen LogP contribution in [-0.4, -0.2) is 18.3 Å². The molecule has 0 aliphatic carbocycles. The van der Waals surface area contributed by atoms with Crippen molar-refractivity contribution in [1.82, 2.24) is 0 Å². The van der Waals surface area contributed by atoms with Gasteiger partial charge in [-0.05, 0) is 74.6 Å². The minimum atomic E-state index is -2.96. The van der Waals surface area contributed by atoms with Crippen LogP contribution in [0.4, 0.5) is 11.4 Å². The van der Waals surface area contributed by atoms with Crippen LogP contribution in [0, 0.1) is 0 Å². The number of nitrogens with one attached hydrogen (secondary N) is 2. The quantitative estimate of drug-likeness (QED) is 0.106. The fraction of sp³-hybridized carbons (Fsp3) is 0.0702. The van der Waals surface area contributed by atoms with Crippen molar-refractivity contribution in [3.8, 4) is 11.5 Å². The van der Waals surface area contributed by atoms with Gasteiger partial charge in [-0.2, -0.15) is 0 Å². The second-order valence-electron chi connectivity index (χ2n) is 15.4. The number of rotatable bonds is 10. The van der Waals surface area contributed by atoms with Crippen LogP contribution < -0.4 is 41.3 Å². The summed E-state index contributed by atoms with van der Waals surface area (Å²) in [6.45, 7) is 5.24. The maximum absolute atomic E-state index is 5.40. The molecule has 0 fully saturated rings. The van der Waals surface area contributed by atoms with Gasteiger partial charge >= 0.3 is 241 Å². The van der Waals surface area contributed by atoms with Gasteiger partial charge in [-0.3, -0.25) is 0 Å². The van der Waals surface area contributed by atoms with Crippen LogP contribution >= 0.6 is 19.5 Å². The van der Waals surface area contributed by atoms with E-state index in [2.05, 4.69) is 180 Å². The van der Waals surface area contributed by atoms with Gasteiger partial charge in [0.15, 0.2) is 5.11 Å². The molecule has 0 unspecified atom stereocenters. The summed E-state index contributed by atoms with van der Waals surface area (Å²) in [6, 6.07) is 78.8. The summed E-state index contributed by atoms with van der Waals surface area (Å²) >= 11 is 5.30. The Balaban J connectivity index is 0.000000195. The Kier molecular flexibility index (Phi) is 12.4. The van der Waals surface area contributed by atoms with Gasteiger partial charge in [0.25, 0.3) is 0 Å². The van der Waals surface area contributed by atoms with Gasteiger partial charge in [0.2, 0.25) is 0 Å². The predicted molar refractivity (Wildman–Crippen MR) is 278 cm³/mol. The molecule has 310 valence electrons. The molecule has 0 bridgehead atoms. The zero-order valence-electron chi connectivity index (χ0n) is 35.4. The Hall–Kier alpha value is -7.04. The number of ether oxygens (including phenoxy) is 2. The molecule has 0 spiro atoms. The molecule has 6 heteroatoms. The molecule has 0 aromatic heterocycles. The van der Waals surface area contributed by atoms with Crippen LogP contribution in [0.2, 0.25) is 0 Å². The fourth-order valence-corrected chi connectivity index (χ4v) is 14.9. The first-order valence-corrected chi connectivity index (χ1v) is 23.9. The van der Waals surface area contributed by atoms with Crippen LogP contribution in [0.25, 0.3) is 43.1 Å². The van der Waals surface area contributed by atoms with Crippen LogP contribution in [-0.2, 0) is 0 Å². The number of anilines is 2. The summed E-state index contributed by atoms with van der Waals surface area (Å²) in [6.07, 6.45) is 0. The SMILES string of the molecule is CCOc1ccc(NC(=S)Nc2ccc(OCC)cc2)cc1.c1ccc2c([PH](c3cccc4ccccc34)(c3cccc4ccccc34)c3cccc4ccccc34)cccc2c1. The zero-order chi connectivity index (χ0) is 43.0. The molecule has 0 aliphatic rings. The number of hydrogen-bond donors (Lipinski definition) is 2. The summed E-state index contributed by atoms with van der Waals surface area (Å²) in [5.41, 5.74) is 1.82. The van der Waals surface area contributed by atoms with Gasteiger partial charge in [-0.1, -0.05) is 0 Å². The standard InChI is InChI=1S/C40H29P.C17H20N2O2S/c1-5-21-33-29(13-1)17-9-25-37(33)41(38-26-10-18-30-14-2-6-22-34(30)38,39-27-11-19-31-15-3-7-23-35(31)39)40-28-12-20-32-16-4-8-24-36(32)40;1-3-20-15-9-5-13(6-10-15)18-17(22)19-14-7-11-16(12-8-14)21-4-2/h1-28,41H;5-12H,3-4H2,1-2H3,(H2,18,19,22). The predicted octanol–water partition coefficient (Wildman–Crippen LogP) is 12.9. The first-order chi connectivity index (χ1) is 31.1. The Morgan fingerprint density at radius 3 is 0.921 bits per heavy atom. The molecule has 0 atom stereocenters. The molecule has 10 aromatic carbocycles. The fourth-order valence-electron chi connectivity index (χ4n) is 8.98. The van der Waals surface area contributed by atoms with Gasteiger partial charge in [0.05, 0.1) is 13.2 Å². The third-order valence-corrected chi connectivity index (χ3v) is 16.8. The second-order valence-corrected chi connectivity index (χ2v) is 19.4. The third kappa shape index (κ3) is 8.46. The molecule has 0 saturated carbocycles. The summed E-state index contributed by atoms with van der Waals surface area (Å²) in [4.78, 5) is 0. The van der Waals surface area contributed by atoms with E-state index in [1.807, 2.05) is 62.4 Å².